The molecule has 0 aliphatic carbocycles. The number of rotatable bonds is 11. The summed E-state index contributed by atoms with van der Waals surface area (Å²) in [6.07, 6.45) is 5.58. The van der Waals surface area contributed by atoms with Crippen molar-refractivity contribution < 1.29 is 33.5 Å². The fourth-order valence-corrected chi connectivity index (χ4v) is 3.56. The van der Waals surface area contributed by atoms with Crippen LogP contribution in [0.25, 0.3) is 6.08 Å². The molecule has 1 aromatic rings. The normalized spacial score (nSPS) is 17.4. The van der Waals surface area contributed by atoms with E-state index >= 15 is 0 Å². The van der Waals surface area contributed by atoms with Crippen molar-refractivity contribution in [3.8, 4) is 0 Å². The van der Waals surface area contributed by atoms with Crippen LogP contribution >= 0.6 is 0 Å². The molecule has 1 fully saturated rings. The monoisotopic (exact) mass is 476 g/mol. The third-order valence-electron chi connectivity index (χ3n) is 5.30. The number of amides is 4. The van der Waals surface area contributed by atoms with Crippen molar-refractivity contribution in [2.24, 2.45) is 5.92 Å². The molecule has 1 aliphatic rings. The zero-order chi connectivity index (χ0) is 25.3. The average Bonchev–Trinajstić information content (AvgIpc) is 3.47. The zero-order valence-electron chi connectivity index (χ0n) is 19.6. The Hall–Kier alpha value is -3.63. The summed E-state index contributed by atoms with van der Waals surface area (Å²) in [6.45, 7) is 5.14. The van der Waals surface area contributed by atoms with Gasteiger partial charge in [-0.2, -0.15) is 0 Å². The van der Waals surface area contributed by atoms with Gasteiger partial charge in [0.1, 0.15) is 23.9 Å². The topological polar surface area (TPSA) is 158 Å². The fraction of sp³-hybridized carbons (Fsp3) is 0.522. The highest BCUT2D eigenvalue weighted by Gasteiger charge is 2.35. The lowest BCUT2D eigenvalue weighted by Crippen LogP contribution is -2.53. The van der Waals surface area contributed by atoms with Crippen LogP contribution in [0.4, 0.5) is 0 Å². The zero-order valence-corrected chi connectivity index (χ0v) is 19.6. The Bertz CT molecular complexity index is 910. The van der Waals surface area contributed by atoms with Gasteiger partial charge < -0.3 is 30.4 Å². The summed E-state index contributed by atoms with van der Waals surface area (Å²) < 4.78 is 5.13. The molecule has 0 spiro atoms. The second-order valence-corrected chi connectivity index (χ2v) is 8.57. The number of nitrogens with zero attached hydrogens (tertiary/aromatic N) is 1. The van der Waals surface area contributed by atoms with E-state index in [9.17, 15) is 24.0 Å². The van der Waals surface area contributed by atoms with Crippen LogP contribution in [0, 0.1) is 5.92 Å². The first-order valence-electron chi connectivity index (χ1n) is 11.2. The molecule has 0 saturated carbocycles. The van der Waals surface area contributed by atoms with Crippen LogP contribution in [0.15, 0.2) is 28.9 Å². The summed E-state index contributed by atoms with van der Waals surface area (Å²) in [7, 11) is 0. The van der Waals surface area contributed by atoms with E-state index < -0.39 is 47.7 Å². The second kappa shape index (κ2) is 12.6. The number of carbonyl (C=O) groups is 5. The van der Waals surface area contributed by atoms with Crippen molar-refractivity contribution in [1.29, 1.82) is 0 Å². The van der Waals surface area contributed by atoms with Crippen LogP contribution in [-0.2, 0) is 24.0 Å². The molecule has 1 saturated heterocycles. The molecule has 0 unspecified atom stereocenters. The van der Waals surface area contributed by atoms with Gasteiger partial charge in [-0.25, -0.2) is 0 Å². The van der Waals surface area contributed by atoms with Crippen LogP contribution in [0.1, 0.15) is 45.8 Å². The lowest BCUT2D eigenvalue weighted by Gasteiger charge is -2.25. The summed E-state index contributed by atoms with van der Waals surface area (Å²) in [5.41, 5.74) is 0. The van der Waals surface area contributed by atoms with E-state index in [4.69, 9.17) is 9.52 Å². The summed E-state index contributed by atoms with van der Waals surface area (Å²) in [6, 6.07) is 0.652. The van der Waals surface area contributed by atoms with E-state index in [0.717, 1.165) is 0 Å². The summed E-state index contributed by atoms with van der Waals surface area (Å²) in [5, 5.41) is 16.5. The maximum Gasteiger partial charge on any atom is 0.325 e. The molecule has 11 heteroatoms. The molecule has 11 nitrogen and oxygen atoms in total. The minimum atomic E-state index is -1.17. The number of likely N-dealkylation sites (tertiary alicyclic amines) is 1. The Kier molecular flexibility index (Phi) is 9.84. The van der Waals surface area contributed by atoms with Gasteiger partial charge in [-0.15, -0.1) is 0 Å². The van der Waals surface area contributed by atoms with E-state index in [-0.39, 0.29) is 12.5 Å². The summed E-state index contributed by atoms with van der Waals surface area (Å²) >= 11 is 0. The molecule has 0 aromatic carbocycles. The van der Waals surface area contributed by atoms with Crippen molar-refractivity contribution in [1.82, 2.24) is 20.9 Å². The Morgan fingerprint density at radius 1 is 1.21 bits per heavy atom. The van der Waals surface area contributed by atoms with Gasteiger partial charge >= 0.3 is 5.97 Å². The molecule has 4 N–H and O–H groups in total. The number of hydrogen-bond acceptors (Lipinski definition) is 6. The molecule has 186 valence electrons. The smallest absolute Gasteiger partial charge is 0.325 e. The quantitative estimate of drug-likeness (QED) is 0.339. The lowest BCUT2D eigenvalue weighted by atomic mass is 10.0. The number of hydrogen-bond donors (Lipinski definition) is 4. The van der Waals surface area contributed by atoms with Crippen LogP contribution in [0.5, 0.6) is 0 Å². The third-order valence-corrected chi connectivity index (χ3v) is 5.30. The number of nitrogens with one attached hydrogen (secondary N) is 3. The highest BCUT2D eigenvalue weighted by atomic mass is 16.4. The van der Waals surface area contributed by atoms with Crippen LogP contribution in [0.2, 0.25) is 0 Å². The van der Waals surface area contributed by atoms with Crippen LogP contribution in [0.3, 0.4) is 0 Å². The number of carboxylic acid groups (broad SMARTS) is 1. The SMILES string of the molecule is CC(C)C[C@H](NC(=O)/C=C\c1ccco1)C(=O)NCC(=O)N1CCC[C@@H]1C(=O)N[C@H](C)C(=O)O. The molecule has 4 amide bonds. The third kappa shape index (κ3) is 8.05. The second-order valence-electron chi connectivity index (χ2n) is 8.57. The van der Waals surface area contributed by atoms with Gasteiger partial charge in [0.05, 0.1) is 12.8 Å². The van der Waals surface area contributed by atoms with E-state index in [1.54, 1.807) is 12.1 Å². The van der Waals surface area contributed by atoms with Crippen molar-refractivity contribution in [3.63, 3.8) is 0 Å². The predicted molar refractivity (Wildman–Crippen MR) is 122 cm³/mol. The molecule has 2 rings (SSSR count). The lowest BCUT2D eigenvalue weighted by molar-refractivity contribution is -0.143. The van der Waals surface area contributed by atoms with E-state index in [1.165, 1.54) is 30.2 Å². The molecule has 3 atom stereocenters. The maximum atomic E-state index is 12.7. The number of furan rings is 1. The molecular weight excluding hydrogens is 444 g/mol. The van der Waals surface area contributed by atoms with Crippen molar-refractivity contribution in [2.45, 2.75) is 58.2 Å². The summed E-state index contributed by atoms with van der Waals surface area (Å²) in [5.74, 6) is -2.57. The van der Waals surface area contributed by atoms with Crippen molar-refractivity contribution >= 4 is 35.7 Å². The van der Waals surface area contributed by atoms with Gasteiger partial charge in [0.2, 0.25) is 23.6 Å². The first-order chi connectivity index (χ1) is 16.1. The predicted octanol–water partition coefficient (Wildman–Crippen LogP) is 0.520. The highest BCUT2D eigenvalue weighted by Crippen LogP contribution is 2.17. The largest absolute Gasteiger partial charge is 0.480 e. The van der Waals surface area contributed by atoms with Gasteiger partial charge in [-0.1, -0.05) is 13.8 Å². The molecule has 1 aliphatic heterocycles. The molecule has 2 heterocycles. The molecule has 34 heavy (non-hydrogen) atoms. The minimum absolute atomic E-state index is 0.101. The molecule has 0 radical (unpaired) electrons. The maximum absolute atomic E-state index is 12.7. The summed E-state index contributed by atoms with van der Waals surface area (Å²) in [4.78, 5) is 62.4. The number of carboxylic acids is 1. The van der Waals surface area contributed by atoms with E-state index in [0.29, 0.717) is 31.6 Å². The van der Waals surface area contributed by atoms with Crippen molar-refractivity contribution in [3.05, 3.63) is 30.2 Å². The van der Waals surface area contributed by atoms with Gasteiger partial charge in [0.15, 0.2) is 0 Å². The first-order valence-corrected chi connectivity index (χ1v) is 11.2. The Morgan fingerprint density at radius 3 is 2.56 bits per heavy atom. The Labute approximate surface area is 197 Å². The molecule has 0 bridgehead atoms. The number of carbonyl (C=O) groups excluding carboxylic acids is 4. The highest BCUT2D eigenvalue weighted by molar-refractivity contribution is 5.96. The standard InChI is InChI=1S/C23H32N4O7/c1-14(2)12-17(26-19(28)9-8-16-6-5-11-34-16)21(30)24-13-20(29)27-10-4-7-18(27)22(31)25-15(3)23(32)33/h5-6,8-9,11,14-15,17-18H,4,7,10,12-13H2,1-3H3,(H,24,30)(H,25,31)(H,26,28)(H,32,33)/b9-8-/t15-,17+,18-/m1/s1. The Balaban J connectivity index is 1.93. The van der Waals surface area contributed by atoms with Crippen molar-refractivity contribution in [2.75, 3.05) is 13.1 Å². The molecule has 1 aromatic heterocycles. The molecular formula is C23H32N4O7. The van der Waals surface area contributed by atoms with E-state index in [2.05, 4.69) is 16.0 Å². The Morgan fingerprint density at radius 2 is 1.94 bits per heavy atom. The van der Waals surface area contributed by atoms with Crippen LogP contribution < -0.4 is 16.0 Å². The van der Waals surface area contributed by atoms with Crippen LogP contribution in [-0.4, -0.2) is 70.8 Å². The number of aliphatic carboxylic acids is 1. The average molecular weight is 477 g/mol. The van der Waals surface area contributed by atoms with Gasteiger partial charge in [-0.05, 0) is 50.3 Å². The van der Waals surface area contributed by atoms with E-state index in [1.807, 2.05) is 13.8 Å². The fourth-order valence-electron chi connectivity index (χ4n) is 3.56. The van der Waals surface area contributed by atoms with Gasteiger partial charge in [0, 0.05) is 12.6 Å². The minimum Gasteiger partial charge on any atom is -0.480 e. The van der Waals surface area contributed by atoms with Gasteiger partial charge in [-0.3, -0.25) is 24.0 Å². The van der Waals surface area contributed by atoms with Gasteiger partial charge in [0.25, 0.3) is 0 Å². The first kappa shape index (κ1) is 26.6.